The molecule has 2 rings (SSSR count). The second-order valence-electron chi connectivity index (χ2n) is 3.36. The lowest BCUT2D eigenvalue weighted by Crippen LogP contribution is -2.28. The van der Waals surface area contributed by atoms with Gasteiger partial charge in [-0.25, -0.2) is 4.68 Å². The average Bonchev–Trinajstić information content (AvgIpc) is 2.58. The Hall–Kier alpha value is -0.970. The summed E-state index contributed by atoms with van der Waals surface area (Å²) in [5.41, 5.74) is 5.79. The number of rotatable bonds is 1. The van der Waals surface area contributed by atoms with Crippen LogP contribution in [0.3, 0.4) is 0 Å². The number of hydrogen-bond acceptors (Lipinski definition) is 4. The molecule has 12 heavy (non-hydrogen) atoms. The van der Waals surface area contributed by atoms with E-state index < -0.39 is 0 Å². The number of aromatic nitrogens is 4. The summed E-state index contributed by atoms with van der Waals surface area (Å²) in [4.78, 5) is 0. The molecule has 1 fully saturated rings. The molecule has 0 saturated heterocycles. The van der Waals surface area contributed by atoms with Gasteiger partial charge in [0.25, 0.3) is 0 Å². The van der Waals surface area contributed by atoms with Crippen LogP contribution in [0.25, 0.3) is 0 Å². The van der Waals surface area contributed by atoms with E-state index >= 15 is 0 Å². The summed E-state index contributed by atoms with van der Waals surface area (Å²) in [6.07, 6.45) is 6.06. The van der Waals surface area contributed by atoms with Gasteiger partial charge < -0.3 is 5.73 Å². The van der Waals surface area contributed by atoms with Crippen molar-refractivity contribution in [1.29, 1.82) is 0 Å². The molecular formula is C7H13N5. The first-order chi connectivity index (χ1) is 5.86. The second kappa shape index (κ2) is 3.18. The molecule has 66 valence electrons. The van der Waals surface area contributed by atoms with Gasteiger partial charge in [-0.05, 0) is 36.1 Å². The van der Waals surface area contributed by atoms with Gasteiger partial charge in [0.05, 0.1) is 6.04 Å². The minimum Gasteiger partial charge on any atom is -0.328 e. The van der Waals surface area contributed by atoms with Gasteiger partial charge in [0.15, 0.2) is 0 Å². The summed E-state index contributed by atoms with van der Waals surface area (Å²) in [7, 11) is 0. The van der Waals surface area contributed by atoms with Crippen LogP contribution < -0.4 is 5.73 Å². The first kappa shape index (κ1) is 7.67. The Morgan fingerprint density at radius 1 is 1.25 bits per heavy atom. The van der Waals surface area contributed by atoms with Crippen LogP contribution in [-0.2, 0) is 0 Å². The zero-order valence-electron chi connectivity index (χ0n) is 6.93. The lowest BCUT2D eigenvalue weighted by molar-refractivity contribution is 0.300. The number of nitrogens with zero attached hydrogens (tertiary/aromatic N) is 4. The van der Waals surface area contributed by atoms with Crippen molar-refractivity contribution in [2.45, 2.75) is 37.8 Å². The fraction of sp³-hybridized carbons (Fsp3) is 0.857. The minimum absolute atomic E-state index is 0.387. The van der Waals surface area contributed by atoms with Crippen LogP contribution in [0, 0.1) is 0 Å². The van der Waals surface area contributed by atoms with Gasteiger partial charge in [-0.15, -0.1) is 5.10 Å². The van der Waals surface area contributed by atoms with Crippen molar-refractivity contribution in [2.24, 2.45) is 5.73 Å². The van der Waals surface area contributed by atoms with Crippen LogP contribution in [0.15, 0.2) is 6.33 Å². The van der Waals surface area contributed by atoms with Crippen LogP contribution in [0.4, 0.5) is 0 Å². The third-order valence-electron chi connectivity index (χ3n) is 2.48. The van der Waals surface area contributed by atoms with E-state index in [0.717, 1.165) is 25.7 Å². The molecule has 0 unspecified atom stereocenters. The Bertz CT molecular complexity index is 224. The summed E-state index contributed by atoms with van der Waals surface area (Å²) in [5, 5.41) is 11.1. The van der Waals surface area contributed by atoms with Crippen LogP contribution in [-0.4, -0.2) is 26.2 Å². The third-order valence-corrected chi connectivity index (χ3v) is 2.48. The second-order valence-corrected chi connectivity index (χ2v) is 3.36. The van der Waals surface area contributed by atoms with E-state index in [1.54, 1.807) is 6.33 Å². The maximum Gasteiger partial charge on any atom is 0.138 e. The van der Waals surface area contributed by atoms with Crippen molar-refractivity contribution in [3.05, 3.63) is 6.33 Å². The molecule has 0 amide bonds. The first-order valence-electron chi connectivity index (χ1n) is 4.34. The van der Waals surface area contributed by atoms with E-state index in [4.69, 9.17) is 5.73 Å². The van der Waals surface area contributed by atoms with E-state index in [9.17, 15) is 0 Å². The SMILES string of the molecule is N[C@H]1CC[C@H](n2cnnn2)CC1. The molecule has 1 saturated carbocycles. The fourth-order valence-electron chi connectivity index (χ4n) is 1.70. The Morgan fingerprint density at radius 3 is 2.58 bits per heavy atom. The molecule has 5 heteroatoms. The molecule has 0 atom stereocenters. The summed E-state index contributed by atoms with van der Waals surface area (Å²) >= 11 is 0. The van der Waals surface area contributed by atoms with Crippen LogP contribution in [0.2, 0.25) is 0 Å². The average molecular weight is 167 g/mol. The monoisotopic (exact) mass is 167 g/mol. The molecule has 0 radical (unpaired) electrons. The summed E-state index contributed by atoms with van der Waals surface area (Å²) in [6.45, 7) is 0. The van der Waals surface area contributed by atoms with Crippen LogP contribution in [0.5, 0.6) is 0 Å². The summed E-state index contributed by atoms with van der Waals surface area (Å²) in [6, 6.07) is 0.859. The highest BCUT2D eigenvalue weighted by molar-refractivity contribution is 4.77. The minimum atomic E-state index is 0.387. The molecule has 0 spiro atoms. The summed E-state index contributed by atoms with van der Waals surface area (Å²) < 4.78 is 1.84. The Kier molecular flexibility index (Phi) is 2.03. The van der Waals surface area contributed by atoms with E-state index in [1.165, 1.54) is 0 Å². The van der Waals surface area contributed by atoms with Crippen molar-refractivity contribution in [3.8, 4) is 0 Å². The maximum absolute atomic E-state index is 5.79. The number of hydrogen-bond donors (Lipinski definition) is 1. The maximum atomic E-state index is 5.79. The standard InChI is InChI=1S/C7H13N5/c8-6-1-3-7(4-2-6)12-5-9-10-11-12/h5-7H,1-4,8H2/t6-,7-. The van der Waals surface area contributed by atoms with E-state index in [1.807, 2.05) is 4.68 Å². The predicted octanol–water partition coefficient (Wildman–Crippen LogP) is 0.115. The molecule has 1 aliphatic carbocycles. The lowest BCUT2D eigenvalue weighted by Gasteiger charge is -2.25. The van der Waals surface area contributed by atoms with Gasteiger partial charge in [0.1, 0.15) is 6.33 Å². The molecule has 0 bridgehead atoms. The van der Waals surface area contributed by atoms with Gasteiger partial charge >= 0.3 is 0 Å². The highest BCUT2D eigenvalue weighted by atomic mass is 15.5. The van der Waals surface area contributed by atoms with Crippen LogP contribution in [0.1, 0.15) is 31.7 Å². The van der Waals surface area contributed by atoms with E-state index in [0.29, 0.717) is 12.1 Å². The van der Waals surface area contributed by atoms with E-state index in [2.05, 4.69) is 15.5 Å². The molecule has 1 heterocycles. The third kappa shape index (κ3) is 1.45. The van der Waals surface area contributed by atoms with Crippen molar-refractivity contribution in [2.75, 3.05) is 0 Å². The molecule has 1 aromatic rings. The molecule has 5 nitrogen and oxygen atoms in total. The van der Waals surface area contributed by atoms with E-state index in [-0.39, 0.29) is 0 Å². The normalized spacial score (nSPS) is 30.4. The van der Waals surface area contributed by atoms with Gasteiger partial charge in [-0.3, -0.25) is 0 Å². The van der Waals surface area contributed by atoms with Crippen molar-refractivity contribution >= 4 is 0 Å². The fourth-order valence-corrected chi connectivity index (χ4v) is 1.70. The van der Waals surface area contributed by atoms with Crippen molar-refractivity contribution in [1.82, 2.24) is 20.2 Å². The first-order valence-corrected chi connectivity index (χ1v) is 4.34. The molecular weight excluding hydrogens is 154 g/mol. The molecule has 0 aliphatic heterocycles. The number of nitrogens with two attached hydrogens (primary N) is 1. The predicted molar refractivity (Wildman–Crippen MR) is 43.3 cm³/mol. The van der Waals surface area contributed by atoms with Gasteiger partial charge in [0, 0.05) is 6.04 Å². The van der Waals surface area contributed by atoms with Crippen LogP contribution >= 0.6 is 0 Å². The lowest BCUT2D eigenvalue weighted by atomic mass is 9.92. The topological polar surface area (TPSA) is 69.6 Å². The number of tetrazole rings is 1. The highest BCUT2D eigenvalue weighted by Gasteiger charge is 2.20. The van der Waals surface area contributed by atoms with Gasteiger partial charge in [0.2, 0.25) is 0 Å². The highest BCUT2D eigenvalue weighted by Crippen LogP contribution is 2.25. The largest absolute Gasteiger partial charge is 0.328 e. The molecule has 1 aromatic heterocycles. The quantitative estimate of drug-likeness (QED) is 0.644. The Morgan fingerprint density at radius 2 is 2.00 bits per heavy atom. The van der Waals surface area contributed by atoms with Gasteiger partial charge in [-0.1, -0.05) is 0 Å². The Labute approximate surface area is 70.9 Å². The Balaban J connectivity index is 1.99. The van der Waals surface area contributed by atoms with Gasteiger partial charge in [-0.2, -0.15) is 0 Å². The van der Waals surface area contributed by atoms with Crippen molar-refractivity contribution in [3.63, 3.8) is 0 Å². The van der Waals surface area contributed by atoms with Crippen molar-refractivity contribution < 1.29 is 0 Å². The molecule has 1 aliphatic rings. The zero-order valence-corrected chi connectivity index (χ0v) is 6.93. The zero-order chi connectivity index (χ0) is 8.39. The molecule has 0 aromatic carbocycles. The smallest absolute Gasteiger partial charge is 0.138 e. The molecule has 2 N–H and O–H groups in total. The summed E-state index contributed by atoms with van der Waals surface area (Å²) in [5.74, 6) is 0.